The molecule has 6 nitrogen and oxygen atoms in total. The Kier molecular flexibility index (Phi) is 6.72. The van der Waals surface area contributed by atoms with E-state index < -0.39 is 0 Å². The molecule has 0 aromatic heterocycles. The number of carbonyl (C=O) groups excluding carboxylic acids is 2. The van der Waals surface area contributed by atoms with Gasteiger partial charge in [0.05, 0.1) is 0 Å². The van der Waals surface area contributed by atoms with Crippen molar-refractivity contribution in [3.8, 4) is 0 Å². The van der Waals surface area contributed by atoms with E-state index >= 15 is 0 Å². The summed E-state index contributed by atoms with van der Waals surface area (Å²) in [5, 5.41) is 3.02. The van der Waals surface area contributed by atoms with Crippen LogP contribution in [0.4, 0.5) is 5.69 Å². The molecule has 1 N–H and O–H groups in total. The minimum atomic E-state index is -0.264. The number of carbonyl (C=O) groups is 2. The summed E-state index contributed by atoms with van der Waals surface area (Å²) in [6.07, 6.45) is 2.65. The number of piperazine rings is 1. The lowest BCUT2D eigenvalue weighted by Crippen LogP contribution is -2.48. The average molecular weight is 373 g/mol. The van der Waals surface area contributed by atoms with Crippen LogP contribution in [0.3, 0.4) is 0 Å². The van der Waals surface area contributed by atoms with Crippen molar-refractivity contribution in [2.45, 2.75) is 39.2 Å². The number of benzene rings is 1. The maximum absolute atomic E-state index is 12.3. The Bertz CT molecular complexity index is 655. The third-order valence-corrected chi connectivity index (χ3v) is 5.65. The number of amides is 2. The SMILES string of the molecule is CC(=O)N1CCC[C@@H]1C(=O)NCCCN1CCN(c2cccc(C)c2)CC1. The summed E-state index contributed by atoms with van der Waals surface area (Å²) in [7, 11) is 0. The summed E-state index contributed by atoms with van der Waals surface area (Å²) in [6, 6.07) is 8.43. The van der Waals surface area contributed by atoms with Crippen molar-refractivity contribution < 1.29 is 9.59 Å². The van der Waals surface area contributed by atoms with Crippen LogP contribution in [0.15, 0.2) is 24.3 Å². The van der Waals surface area contributed by atoms with Gasteiger partial charge < -0.3 is 15.1 Å². The summed E-state index contributed by atoms with van der Waals surface area (Å²) in [4.78, 5) is 30.5. The second-order valence-corrected chi connectivity index (χ2v) is 7.68. The first-order valence-electron chi connectivity index (χ1n) is 10.1. The van der Waals surface area contributed by atoms with Crippen LogP contribution in [0, 0.1) is 6.92 Å². The first kappa shape index (κ1) is 19.7. The smallest absolute Gasteiger partial charge is 0.242 e. The van der Waals surface area contributed by atoms with Gasteiger partial charge in [-0.15, -0.1) is 0 Å². The zero-order valence-electron chi connectivity index (χ0n) is 16.6. The molecule has 2 aliphatic heterocycles. The molecule has 2 heterocycles. The highest BCUT2D eigenvalue weighted by atomic mass is 16.2. The van der Waals surface area contributed by atoms with Gasteiger partial charge in [0.15, 0.2) is 0 Å². The molecule has 0 bridgehead atoms. The Morgan fingerprint density at radius 3 is 2.63 bits per heavy atom. The van der Waals surface area contributed by atoms with Crippen LogP contribution in [-0.2, 0) is 9.59 Å². The Morgan fingerprint density at radius 1 is 1.15 bits per heavy atom. The van der Waals surface area contributed by atoms with Crippen LogP contribution in [-0.4, -0.2) is 73.5 Å². The van der Waals surface area contributed by atoms with Crippen molar-refractivity contribution >= 4 is 17.5 Å². The van der Waals surface area contributed by atoms with Crippen LogP contribution >= 0.6 is 0 Å². The van der Waals surface area contributed by atoms with Gasteiger partial charge in [-0.25, -0.2) is 0 Å². The first-order valence-corrected chi connectivity index (χ1v) is 10.1. The van der Waals surface area contributed by atoms with E-state index in [0.29, 0.717) is 13.1 Å². The minimum absolute atomic E-state index is 0.000805. The Balaban J connectivity index is 1.34. The lowest BCUT2D eigenvalue weighted by atomic mass is 10.2. The first-order chi connectivity index (χ1) is 13.0. The molecule has 6 heteroatoms. The van der Waals surface area contributed by atoms with E-state index in [0.717, 1.165) is 52.0 Å². The number of hydrogen-bond acceptors (Lipinski definition) is 4. The van der Waals surface area contributed by atoms with Crippen molar-refractivity contribution in [1.29, 1.82) is 0 Å². The summed E-state index contributed by atoms with van der Waals surface area (Å²) in [5.41, 5.74) is 2.62. The van der Waals surface area contributed by atoms with Gasteiger partial charge in [-0.2, -0.15) is 0 Å². The van der Waals surface area contributed by atoms with Crippen LogP contribution in [0.1, 0.15) is 31.7 Å². The molecule has 2 saturated heterocycles. The molecule has 1 aromatic carbocycles. The number of nitrogens with one attached hydrogen (secondary N) is 1. The predicted molar refractivity (Wildman–Crippen MR) is 108 cm³/mol. The quantitative estimate of drug-likeness (QED) is 0.772. The molecule has 0 spiro atoms. The zero-order valence-corrected chi connectivity index (χ0v) is 16.6. The molecular formula is C21H32N4O2. The Hall–Kier alpha value is -2.08. The number of likely N-dealkylation sites (tertiary alicyclic amines) is 1. The van der Waals surface area contributed by atoms with E-state index in [9.17, 15) is 9.59 Å². The number of anilines is 1. The molecule has 2 amide bonds. The number of nitrogens with zero attached hydrogens (tertiary/aromatic N) is 3. The lowest BCUT2D eigenvalue weighted by molar-refractivity contribution is -0.136. The fourth-order valence-electron chi connectivity index (χ4n) is 4.10. The Morgan fingerprint density at radius 2 is 1.93 bits per heavy atom. The maximum Gasteiger partial charge on any atom is 0.242 e. The monoisotopic (exact) mass is 372 g/mol. The molecule has 27 heavy (non-hydrogen) atoms. The lowest BCUT2D eigenvalue weighted by Gasteiger charge is -2.36. The van der Waals surface area contributed by atoms with Crippen LogP contribution in [0.25, 0.3) is 0 Å². The second-order valence-electron chi connectivity index (χ2n) is 7.68. The topological polar surface area (TPSA) is 55.9 Å². The second kappa shape index (κ2) is 9.22. The van der Waals surface area contributed by atoms with Gasteiger partial charge in [-0.3, -0.25) is 14.5 Å². The van der Waals surface area contributed by atoms with Crippen LogP contribution in [0.2, 0.25) is 0 Å². The maximum atomic E-state index is 12.3. The molecule has 1 aromatic rings. The molecule has 3 rings (SSSR count). The largest absolute Gasteiger partial charge is 0.369 e. The molecule has 0 unspecified atom stereocenters. The average Bonchev–Trinajstić information content (AvgIpc) is 3.16. The summed E-state index contributed by atoms with van der Waals surface area (Å²) >= 11 is 0. The minimum Gasteiger partial charge on any atom is -0.369 e. The van der Waals surface area contributed by atoms with Gasteiger partial charge in [0.25, 0.3) is 0 Å². The molecule has 0 saturated carbocycles. The van der Waals surface area contributed by atoms with Gasteiger partial charge in [0.1, 0.15) is 6.04 Å². The standard InChI is InChI=1S/C21H32N4O2/c1-17-6-3-7-19(16-17)24-14-12-23(13-15-24)10-5-9-22-21(27)20-8-4-11-25(20)18(2)26/h3,6-7,16,20H,4-5,8-15H2,1-2H3,(H,22,27)/t20-/m1/s1. The molecule has 2 fully saturated rings. The van der Waals surface area contributed by atoms with Gasteiger partial charge in [0.2, 0.25) is 11.8 Å². The third kappa shape index (κ3) is 5.22. The highest BCUT2D eigenvalue weighted by Crippen LogP contribution is 2.18. The number of rotatable bonds is 6. The van der Waals surface area contributed by atoms with Gasteiger partial charge in [0, 0.05) is 51.9 Å². The van der Waals surface area contributed by atoms with E-state index in [-0.39, 0.29) is 17.9 Å². The van der Waals surface area contributed by atoms with Gasteiger partial charge in [-0.05, 0) is 50.4 Å². The zero-order chi connectivity index (χ0) is 19.2. The molecule has 2 aliphatic rings. The van der Waals surface area contributed by atoms with E-state index in [4.69, 9.17) is 0 Å². The van der Waals surface area contributed by atoms with Crippen molar-refractivity contribution in [3.05, 3.63) is 29.8 Å². The third-order valence-electron chi connectivity index (χ3n) is 5.65. The summed E-state index contributed by atoms with van der Waals surface area (Å²) in [6.45, 7) is 10.3. The number of aryl methyl sites for hydroxylation is 1. The van der Waals surface area contributed by atoms with Crippen molar-refractivity contribution in [2.24, 2.45) is 0 Å². The Labute approximate surface area is 162 Å². The molecule has 0 aliphatic carbocycles. The van der Waals surface area contributed by atoms with E-state index in [1.165, 1.54) is 11.3 Å². The highest BCUT2D eigenvalue weighted by molar-refractivity contribution is 5.87. The fraction of sp³-hybridized carbons (Fsp3) is 0.619. The predicted octanol–water partition coefficient (Wildman–Crippen LogP) is 1.63. The molecular weight excluding hydrogens is 340 g/mol. The summed E-state index contributed by atoms with van der Waals surface area (Å²) in [5.74, 6) is 0.00565. The molecule has 0 radical (unpaired) electrons. The van der Waals surface area contributed by atoms with Crippen molar-refractivity contribution in [1.82, 2.24) is 15.1 Å². The van der Waals surface area contributed by atoms with E-state index in [1.54, 1.807) is 11.8 Å². The molecule has 1 atom stereocenters. The van der Waals surface area contributed by atoms with Crippen molar-refractivity contribution in [2.75, 3.05) is 50.7 Å². The normalized spacial score (nSPS) is 20.7. The van der Waals surface area contributed by atoms with Gasteiger partial charge in [-0.1, -0.05) is 12.1 Å². The number of hydrogen-bond donors (Lipinski definition) is 1. The van der Waals surface area contributed by atoms with Gasteiger partial charge >= 0.3 is 0 Å². The van der Waals surface area contributed by atoms with E-state index in [2.05, 4.69) is 46.3 Å². The fourth-order valence-corrected chi connectivity index (χ4v) is 4.10. The summed E-state index contributed by atoms with van der Waals surface area (Å²) < 4.78 is 0. The van der Waals surface area contributed by atoms with Crippen molar-refractivity contribution in [3.63, 3.8) is 0 Å². The molecule has 148 valence electrons. The highest BCUT2D eigenvalue weighted by Gasteiger charge is 2.31. The van der Waals surface area contributed by atoms with Crippen LogP contribution < -0.4 is 10.2 Å². The van der Waals surface area contributed by atoms with Crippen LogP contribution in [0.5, 0.6) is 0 Å². The van der Waals surface area contributed by atoms with E-state index in [1.807, 2.05) is 0 Å².